The molecule has 1 aromatic carbocycles. The number of aromatic nitrogens is 6. The number of rotatable bonds is 8. The fraction of sp³-hybridized carbons (Fsp3) is 0.208. The van der Waals surface area contributed by atoms with Crippen LogP contribution in [0.4, 0.5) is 10.3 Å². The monoisotopic (exact) mass is 474 g/mol. The van der Waals surface area contributed by atoms with Gasteiger partial charge in [-0.25, -0.2) is 15.0 Å². The molecule has 0 radical (unpaired) electrons. The third kappa shape index (κ3) is 4.50. The summed E-state index contributed by atoms with van der Waals surface area (Å²) in [6, 6.07) is 11.6. The van der Waals surface area contributed by atoms with E-state index >= 15 is 0 Å². The van der Waals surface area contributed by atoms with Crippen molar-refractivity contribution in [3.63, 3.8) is 0 Å². The molecule has 0 aliphatic heterocycles. The smallest absolute Gasteiger partial charge is 0.223 e. The van der Waals surface area contributed by atoms with Gasteiger partial charge in [0.2, 0.25) is 11.9 Å². The Hall–Kier alpha value is -3.76. The van der Waals surface area contributed by atoms with E-state index in [0.717, 1.165) is 37.3 Å². The van der Waals surface area contributed by atoms with Gasteiger partial charge in [0.25, 0.3) is 0 Å². The summed E-state index contributed by atoms with van der Waals surface area (Å²) in [5.41, 5.74) is 3.60. The highest BCUT2D eigenvalue weighted by atomic mass is 32.1. The molecule has 0 fully saturated rings. The Bertz CT molecular complexity index is 1420. The van der Waals surface area contributed by atoms with Gasteiger partial charge in [-0.05, 0) is 42.6 Å². The minimum atomic E-state index is -0.492. The average Bonchev–Trinajstić information content (AvgIpc) is 3.53. The van der Waals surface area contributed by atoms with Crippen LogP contribution in [0.2, 0.25) is 0 Å². The highest BCUT2D eigenvalue weighted by molar-refractivity contribution is 7.22. The van der Waals surface area contributed by atoms with Gasteiger partial charge in [0.05, 0.1) is 23.3 Å². The van der Waals surface area contributed by atoms with Crippen molar-refractivity contribution < 1.29 is 4.39 Å². The van der Waals surface area contributed by atoms with E-state index in [1.54, 1.807) is 34.6 Å². The second-order valence-corrected chi connectivity index (χ2v) is 8.85. The number of nitrogens with one attached hydrogen (secondary N) is 2. The number of halogens is 1. The lowest BCUT2D eigenvalue weighted by Crippen LogP contribution is -2.14. The molecular weight excluding hydrogens is 451 g/mol. The van der Waals surface area contributed by atoms with Gasteiger partial charge >= 0.3 is 0 Å². The second kappa shape index (κ2) is 9.62. The van der Waals surface area contributed by atoms with Crippen molar-refractivity contribution in [3.05, 3.63) is 72.7 Å². The molecule has 4 aromatic heterocycles. The first-order valence-corrected chi connectivity index (χ1v) is 11.7. The Morgan fingerprint density at radius 2 is 2.03 bits per heavy atom. The molecule has 2 N–H and O–H groups in total. The molecule has 5 aromatic rings. The van der Waals surface area contributed by atoms with Crippen molar-refractivity contribution in [3.8, 4) is 21.7 Å². The number of nitrogens with zero attached hydrogens (tertiary/aromatic N) is 6. The van der Waals surface area contributed by atoms with E-state index in [9.17, 15) is 4.39 Å². The van der Waals surface area contributed by atoms with Crippen molar-refractivity contribution in [2.75, 3.05) is 18.9 Å². The molecule has 34 heavy (non-hydrogen) atoms. The molecule has 1 atom stereocenters. The Morgan fingerprint density at radius 3 is 2.85 bits per heavy atom. The first-order chi connectivity index (χ1) is 16.6. The predicted molar refractivity (Wildman–Crippen MR) is 132 cm³/mol. The molecule has 10 heteroatoms. The van der Waals surface area contributed by atoms with Gasteiger partial charge in [0, 0.05) is 47.5 Å². The Morgan fingerprint density at radius 1 is 1.12 bits per heavy atom. The van der Waals surface area contributed by atoms with Crippen LogP contribution in [0.25, 0.3) is 31.8 Å². The van der Waals surface area contributed by atoms with Crippen LogP contribution in [0.3, 0.4) is 0 Å². The maximum Gasteiger partial charge on any atom is 0.223 e. The summed E-state index contributed by atoms with van der Waals surface area (Å²) in [6.07, 6.45) is 6.82. The maximum atomic E-state index is 14.1. The van der Waals surface area contributed by atoms with Crippen LogP contribution in [0, 0.1) is 5.95 Å². The lowest BCUT2D eigenvalue weighted by Gasteiger charge is -2.16. The number of anilines is 1. The zero-order valence-electron chi connectivity index (χ0n) is 18.7. The molecule has 0 aliphatic carbocycles. The summed E-state index contributed by atoms with van der Waals surface area (Å²) in [7, 11) is 1.88. The fourth-order valence-corrected chi connectivity index (χ4v) is 4.95. The molecule has 0 saturated carbocycles. The van der Waals surface area contributed by atoms with Gasteiger partial charge in [0.15, 0.2) is 0 Å². The number of hydrogen-bond donors (Lipinski definition) is 2. The van der Waals surface area contributed by atoms with Crippen LogP contribution in [0.15, 0.2) is 61.2 Å². The van der Waals surface area contributed by atoms with E-state index in [-0.39, 0.29) is 6.04 Å². The minimum absolute atomic E-state index is 0.0332. The van der Waals surface area contributed by atoms with Crippen molar-refractivity contribution in [1.82, 2.24) is 35.3 Å². The Labute approximate surface area is 199 Å². The van der Waals surface area contributed by atoms with Crippen molar-refractivity contribution in [2.45, 2.75) is 19.5 Å². The largest absolute Gasteiger partial charge is 0.352 e. The molecule has 0 amide bonds. The molecule has 0 bridgehead atoms. The van der Waals surface area contributed by atoms with Crippen LogP contribution >= 0.6 is 11.3 Å². The first kappa shape index (κ1) is 22.1. The molecule has 1 unspecified atom stereocenters. The van der Waals surface area contributed by atoms with E-state index in [4.69, 9.17) is 4.98 Å². The Kier molecular flexibility index (Phi) is 6.24. The summed E-state index contributed by atoms with van der Waals surface area (Å²) in [5, 5.41) is 15.3. The molecule has 0 spiro atoms. The highest BCUT2D eigenvalue weighted by Gasteiger charge is 2.17. The van der Waals surface area contributed by atoms with Crippen LogP contribution in [-0.2, 0) is 6.54 Å². The molecule has 5 rings (SSSR count). The van der Waals surface area contributed by atoms with E-state index in [2.05, 4.69) is 43.0 Å². The van der Waals surface area contributed by atoms with E-state index in [1.165, 1.54) is 6.07 Å². The lowest BCUT2D eigenvalue weighted by molar-refractivity contribution is 0.577. The van der Waals surface area contributed by atoms with Crippen LogP contribution in [0.1, 0.15) is 18.5 Å². The van der Waals surface area contributed by atoms with Gasteiger partial charge in [-0.1, -0.05) is 23.4 Å². The predicted octanol–water partition coefficient (Wildman–Crippen LogP) is 4.54. The molecule has 4 heterocycles. The zero-order valence-corrected chi connectivity index (χ0v) is 19.6. The molecule has 172 valence electrons. The topological polar surface area (TPSA) is 93.4 Å². The van der Waals surface area contributed by atoms with Crippen molar-refractivity contribution in [1.29, 1.82) is 0 Å². The van der Waals surface area contributed by atoms with E-state index < -0.39 is 5.95 Å². The quantitative estimate of drug-likeness (QED) is 0.319. The Balaban J connectivity index is 1.47. The van der Waals surface area contributed by atoms with E-state index in [0.29, 0.717) is 19.0 Å². The highest BCUT2D eigenvalue weighted by Crippen LogP contribution is 2.40. The summed E-state index contributed by atoms with van der Waals surface area (Å²) in [4.78, 5) is 13.9. The van der Waals surface area contributed by atoms with Gasteiger partial charge in [-0.3, -0.25) is 4.68 Å². The van der Waals surface area contributed by atoms with Crippen LogP contribution in [-0.4, -0.2) is 43.5 Å². The fourth-order valence-electron chi connectivity index (χ4n) is 3.79. The SMILES string of the molecule is CNC(C)c1cnc(F)cc1-c1cccc2cc(-c3ccnc(NCCn4ccnn4)n3)sc12. The zero-order chi connectivity index (χ0) is 23.5. The summed E-state index contributed by atoms with van der Waals surface area (Å²) >= 11 is 1.63. The van der Waals surface area contributed by atoms with Crippen LogP contribution in [0.5, 0.6) is 0 Å². The van der Waals surface area contributed by atoms with Crippen LogP contribution < -0.4 is 10.6 Å². The van der Waals surface area contributed by atoms with Gasteiger partial charge in [-0.2, -0.15) is 4.39 Å². The second-order valence-electron chi connectivity index (χ2n) is 7.80. The van der Waals surface area contributed by atoms with E-state index in [1.807, 2.05) is 38.4 Å². The standard InChI is InChI=1S/C24H23FN8S/c1-15(26-2)19-14-29-22(25)13-18(19)17-5-3-4-16-12-21(34-23(16)17)20-6-7-27-24(31-20)28-8-10-33-11-9-30-32-33/h3-7,9,11-15,26H,8,10H2,1-2H3,(H,27,28,31). The lowest BCUT2D eigenvalue weighted by atomic mass is 9.97. The number of benzene rings is 1. The van der Waals surface area contributed by atoms with Crippen molar-refractivity contribution in [2.24, 2.45) is 0 Å². The third-order valence-electron chi connectivity index (χ3n) is 5.64. The molecule has 8 nitrogen and oxygen atoms in total. The number of pyridine rings is 1. The number of fused-ring (bicyclic) bond motifs is 1. The number of hydrogen-bond acceptors (Lipinski definition) is 8. The summed E-state index contributed by atoms with van der Waals surface area (Å²) in [5.74, 6) is 0.0601. The van der Waals surface area contributed by atoms with Gasteiger partial charge < -0.3 is 10.6 Å². The molecular formula is C24H23FN8S. The summed E-state index contributed by atoms with van der Waals surface area (Å²) < 4.78 is 17.0. The normalized spacial score (nSPS) is 12.2. The maximum absolute atomic E-state index is 14.1. The third-order valence-corrected chi connectivity index (χ3v) is 6.85. The van der Waals surface area contributed by atoms with Gasteiger partial charge in [0.1, 0.15) is 0 Å². The first-order valence-electron chi connectivity index (χ1n) is 10.9. The molecule has 0 saturated heterocycles. The van der Waals surface area contributed by atoms with Crippen molar-refractivity contribution >= 4 is 27.4 Å². The average molecular weight is 475 g/mol. The minimum Gasteiger partial charge on any atom is -0.352 e. The van der Waals surface area contributed by atoms with Gasteiger partial charge in [-0.15, -0.1) is 16.4 Å². The summed E-state index contributed by atoms with van der Waals surface area (Å²) in [6.45, 7) is 3.33. The number of thiophene rings is 1. The molecule has 0 aliphatic rings.